The number of benzene rings is 1. The fourth-order valence-corrected chi connectivity index (χ4v) is 4.57. The van der Waals surface area contributed by atoms with Crippen LogP contribution in [0.2, 0.25) is 5.02 Å². The Bertz CT molecular complexity index is 1100. The third-order valence-corrected chi connectivity index (χ3v) is 6.12. The van der Waals surface area contributed by atoms with E-state index in [0.717, 1.165) is 37.4 Å². The van der Waals surface area contributed by atoms with Crippen molar-refractivity contribution in [2.24, 2.45) is 0 Å². The van der Waals surface area contributed by atoms with Gasteiger partial charge in [0.25, 0.3) is 0 Å². The highest BCUT2D eigenvalue weighted by Gasteiger charge is 2.35. The topological polar surface area (TPSA) is 87.7 Å². The maximum atomic E-state index is 11.5. The summed E-state index contributed by atoms with van der Waals surface area (Å²) in [6.45, 7) is 1.56. The molecule has 3 aromatic rings. The molecule has 0 spiro atoms. The van der Waals surface area contributed by atoms with Crippen molar-refractivity contribution in [2.75, 3.05) is 25.2 Å². The zero-order valence-electron chi connectivity index (χ0n) is 15.8. The number of nitrogens with zero attached hydrogens (tertiary/aromatic N) is 2. The first-order chi connectivity index (χ1) is 14.0. The Hall–Kier alpha value is -2.77. The Morgan fingerprint density at radius 1 is 1.34 bits per heavy atom. The number of aromatic carboxylic acids is 1. The molecule has 7 nitrogen and oxygen atoms in total. The first kappa shape index (κ1) is 18.3. The quantitative estimate of drug-likeness (QED) is 0.673. The van der Waals surface area contributed by atoms with Crippen molar-refractivity contribution in [1.82, 2.24) is 9.97 Å². The Labute approximate surface area is 172 Å². The van der Waals surface area contributed by atoms with E-state index >= 15 is 0 Å². The Morgan fingerprint density at radius 3 is 2.86 bits per heavy atom. The summed E-state index contributed by atoms with van der Waals surface area (Å²) < 4.78 is 11.4. The first-order valence-electron chi connectivity index (χ1n) is 9.52. The number of carboxylic acid groups (broad SMARTS) is 1. The van der Waals surface area contributed by atoms with E-state index in [2.05, 4.69) is 9.88 Å². The molecule has 0 aliphatic carbocycles. The molecule has 8 heteroatoms. The highest BCUT2D eigenvalue weighted by molar-refractivity contribution is 6.34. The third-order valence-electron chi connectivity index (χ3n) is 5.81. The highest BCUT2D eigenvalue weighted by atomic mass is 35.5. The van der Waals surface area contributed by atoms with Crippen molar-refractivity contribution in [3.63, 3.8) is 0 Å². The number of morpholine rings is 1. The first-order valence-corrected chi connectivity index (χ1v) is 9.90. The van der Waals surface area contributed by atoms with Gasteiger partial charge in [-0.15, -0.1) is 0 Å². The molecule has 0 saturated carbocycles. The number of hydrogen-bond acceptors (Lipinski definition) is 5. The lowest BCUT2D eigenvalue weighted by Crippen LogP contribution is -2.54. The lowest BCUT2D eigenvalue weighted by atomic mass is 9.97. The van der Waals surface area contributed by atoms with E-state index < -0.39 is 5.97 Å². The van der Waals surface area contributed by atoms with Crippen molar-refractivity contribution in [3.8, 4) is 17.0 Å². The summed E-state index contributed by atoms with van der Waals surface area (Å²) in [6, 6.07) is 7.74. The minimum atomic E-state index is -0.993. The molecule has 1 aromatic carbocycles. The molecule has 5 heterocycles. The molecule has 2 bridgehead atoms. The van der Waals surface area contributed by atoms with Crippen LogP contribution in [0.4, 0.5) is 5.82 Å². The molecule has 150 valence electrons. The summed E-state index contributed by atoms with van der Waals surface area (Å²) in [4.78, 5) is 21.5. The average Bonchev–Trinajstić information content (AvgIpc) is 3.16. The second kappa shape index (κ2) is 6.93. The van der Waals surface area contributed by atoms with Gasteiger partial charge in [0.15, 0.2) is 0 Å². The Kier molecular flexibility index (Phi) is 4.37. The van der Waals surface area contributed by atoms with Gasteiger partial charge in [0, 0.05) is 34.8 Å². The number of ether oxygens (including phenoxy) is 2. The number of anilines is 1. The van der Waals surface area contributed by atoms with E-state index in [4.69, 9.17) is 26.1 Å². The lowest BCUT2D eigenvalue weighted by Gasteiger charge is -2.45. The van der Waals surface area contributed by atoms with Gasteiger partial charge in [-0.2, -0.15) is 4.98 Å². The fraction of sp³-hybridized carbons (Fsp3) is 0.333. The Morgan fingerprint density at radius 2 is 2.21 bits per heavy atom. The van der Waals surface area contributed by atoms with Crippen molar-refractivity contribution < 1.29 is 19.4 Å². The van der Waals surface area contributed by atoms with Crippen LogP contribution in [-0.2, 0) is 4.74 Å². The van der Waals surface area contributed by atoms with Gasteiger partial charge in [-0.25, -0.2) is 4.79 Å². The smallest absolute Gasteiger partial charge is 0.337 e. The number of hydrogen-bond donors (Lipinski definition) is 2. The number of rotatable bonds is 4. The maximum Gasteiger partial charge on any atom is 0.337 e. The van der Waals surface area contributed by atoms with E-state index in [9.17, 15) is 9.90 Å². The monoisotopic (exact) mass is 413 g/mol. The summed E-state index contributed by atoms with van der Waals surface area (Å²) in [5, 5.41) is 10.5. The summed E-state index contributed by atoms with van der Waals surface area (Å²) in [6.07, 6.45) is 3.92. The number of aromatic nitrogens is 2. The highest BCUT2D eigenvalue weighted by Crippen LogP contribution is 2.39. The summed E-state index contributed by atoms with van der Waals surface area (Å²) in [5.41, 5.74) is 2.27. The lowest BCUT2D eigenvalue weighted by molar-refractivity contribution is -0.0229. The van der Waals surface area contributed by atoms with Gasteiger partial charge >= 0.3 is 5.97 Å². The van der Waals surface area contributed by atoms with Crippen LogP contribution >= 0.6 is 11.6 Å². The molecule has 2 aromatic heterocycles. The number of nitrogens with one attached hydrogen (secondary N) is 1. The molecular formula is C21H20ClN3O4. The molecule has 0 radical (unpaired) electrons. The van der Waals surface area contributed by atoms with Gasteiger partial charge in [0.1, 0.15) is 5.82 Å². The Balaban J connectivity index is 1.58. The second-order valence-electron chi connectivity index (χ2n) is 7.45. The molecule has 0 unspecified atom stereocenters. The van der Waals surface area contributed by atoms with Gasteiger partial charge in [-0.05, 0) is 37.1 Å². The standard InChI is InChI=1S/C21H20ClN3O4/c1-28-20-13(4-5-19(24-20)25-9-12-3-2-11(25)10-29-12)14-6-15-16(21(26)27)8-23-18(15)7-17(14)22/h4-8,11-12,23H,2-3,9-10H2,1H3,(H,26,27)/t11-,12-/m1/s1. The van der Waals surface area contributed by atoms with E-state index in [1.54, 1.807) is 19.2 Å². The minimum absolute atomic E-state index is 0.200. The molecule has 0 amide bonds. The van der Waals surface area contributed by atoms with Gasteiger partial charge in [-0.1, -0.05) is 11.6 Å². The number of pyridine rings is 1. The summed E-state index contributed by atoms with van der Waals surface area (Å²) in [5.74, 6) is 0.319. The number of piperidine rings is 1. The molecule has 3 saturated heterocycles. The van der Waals surface area contributed by atoms with Gasteiger partial charge < -0.3 is 24.5 Å². The fourth-order valence-electron chi connectivity index (χ4n) is 4.31. The summed E-state index contributed by atoms with van der Waals surface area (Å²) >= 11 is 6.52. The largest absolute Gasteiger partial charge is 0.480 e. The van der Waals surface area contributed by atoms with Crippen LogP contribution in [0.1, 0.15) is 23.2 Å². The van der Waals surface area contributed by atoms with Crippen molar-refractivity contribution >= 4 is 34.3 Å². The van der Waals surface area contributed by atoms with E-state index in [1.165, 1.54) is 6.20 Å². The zero-order valence-corrected chi connectivity index (χ0v) is 16.6. The van der Waals surface area contributed by atoms with E-state index in [-0.39, 0.29) is 11.7 Å². The van der Waals surface area contributed by atoms with E-state index in [0.29, 0.717) is 33.4 Å². The number of carbonyl (C=O) groups is 1. The maximum absolute atomic E-state index is 11.5. The molecule has 6 rings (SSSR count). The average molecular weight is 414 g/mol. The van der Waals surface area contributed by atoms with Crippen LogP contribution < -0.4 is 9.64 Å². The van der Waals surface area contributed by atoms with Crippen LogP contribution in [-0.4, -0.2) is 53.5 Å². The number of carboxylic acids is 1. The second-order valence-corrected chi connectivity index (χ2v) is 7.86. The molecular weight excluding hydrogens is 394 g/mol. The van der Waals surface area contributed by atoms with Crippen LogP contribution in [0.5, 0.6) is 5.88 Å². The molecule has 29 heavy (non-hydrogen) atoms. The van der Waals surface area contributed by atoms with Crippen LogP contribution in [0.25, 0.3) is 22.0 Å². The minimum Gasteiger partial charge on any atom is -0.480 e. The number of H-pyrrole nitrogens is 1. The number of halogens is 1. The van der Waals surface area contributed by atoms with E-state index in [1.807, 2.05) is 12.1 Å². The van der Waals surface area contributed by atoms with Crippen molar-refractivity contribution in [2.45, 2.75) is 25.0 Å². The van der Waals surface area contributed by atoms with Gasteiger partial charge in [0.05, 0.1) is 36.4 Å². The number of fused-ring (bicyclic) bond motifs is 4. The SMILES string of the molecule is COc1nc(N2C[C@H]3CC[C@@H]2CO3)ccc1-c1cc2c(C(=O)O)c[nH]c2cc1Cl. The van der Waals surface area contributed by atoms with Crippen LogP contribution in [0.15, 0.2) is 30.5 Å². The van der Waals surface area contributed by atoms with Crippen molar-refractivity contribution in [3.05, 3.63) is 41.0 Å². The molecule has 2 N–H and O–H groups in total. The van der Waals surface area contributed by atoms with Crippen LogP contribution in [0, 0.1) is 0 Å². The predicted octanol–water partition coefficient (Wildman–Crippen LogP) is 3.96. The number of methoxy groups -OCH3 is 1. The normalized spacial score (nSPS) is 21.0. The van der Waals surface area contributed by atoms with Crippen molar-refractivity contribution in [1.29, 1.82) is 0 Å². The van der Waals surface area contributed by atoms with Gasteiger partial charge in [-0.3, -0.25) is 0 Å². The zero-order chi connectivity index (χ0) is 20.1. The molecule has 3 aliphatic heterocycles. The van der Waals surface area contributed by atoms with Crippen LogP contribution in [0.3, 0.4) is 0 Å². The molecule has 3 aliphatic rings. The summed E-state index contributed by atoms with van der Waals surface area (Å²) in [7, 11) is 1.58. The number of aromatic amines is 1. The molecule has 2 atom stereocenters. The molecule has 3 fully saturated rings. The van der Waals surface area contributed by atoms with Gasteiger partial charge in [0.2, 0.25) is 5.88 Å². The predicted molar refractivity (Wildman–Crippen MR) is 110 cm³/mol. The third kappa shape index (κ3) is 3.01.